The highest BCUT2D eigenvalue weighted by molar-refractivity contribution is 7.12. The fourth-order valence-corrected chi connectivity index (χ4v) is 3.43. The van der Waals surface area contributed by atoms with Crippen LogP contribution in [0.15, 0.2) is 11.4 Å². The van der Waals surface area contributed by atoms with Crippen LogP contribution in [0.2, 0.25) is 0 Å². The van der Waals surface area contributed by atoms with Gasteiger partial charge in [0.05, 0.1) is 0 Å². The molecule has 0 spiro atoms. The number of hydrogen-bond donors (Lipinski definition) is 1. The van der Waals surface area contributed by atoms with Gasteiger partial charge in [0.25, 0.3) is 5.91 Å². The molecule has 0 bridgehead atoms. The first-order chi connectivity index (χ1) is 12.2. The van der Waals surface area contributed by atoms with E-state index in [-0.39, 0.29) is 22.6 Å². The third-order valence-corrected chi connectivity index (χ3v) is 4.67. The molecule has 0 aliphatic carbocycles. The van der Waals surface area contributed by atoms with Crippen molar-refractivity contribution in [2.75, 3.05) is 19.6 Å². The normalized spacial score (nSPS) is 17.9. The quantitative estimate of drug-likeness (QED) is 0.832. The molecule has 146 valence electrons. The SMILES string of the molecule is CC(C)(C)OC(=O)N1CCCC(CNC(=O)c2sccc2OC(F)F)C1. The second-order valence-electron chi connectivity index (χ2n) is 7.14. The molecule has 1 aliphatic rings. The van der Waals surface area contributed by atoms with E-state index in [4.69, 9.17) is 4.74 Å². The molecule has 1 N–H and O–H groups in total. The Morgan fingerprint density at radius 1 is 1.42 bits per heavy atom. The van der Waals surface area contributed by atoms with Crippen molar-refractivity contribution in [1.82, 2.24) is 10.2 Å². The summed E-state index contributed by atoms with van der Waals surface area (Å²) in [5, 5.41) is 4.27. The maximum Gasteiger partial charge on any atom is 0.410 e. The van der Waals surface area contributed by atoms with E-state index in [9.17, 15) is 18.4 Å². The first kappa shape index (κ1) is 20.4. The number of rotatable bonds is 5. The lowest BCUT2D eigenvalue weighted by atomic mass is 9.98. The standard InChI is InChI=1S/C17H24F2N2O4S/c1-17(2,3)25-16(23)21-7-4-5-11(10-21)9-20-14(22)13-12(6-8-26-13)24-15(18)19/h6,8,11,15H,4-5,7,9-10H2,1-3H3,(H,20,22). The second-order valence-corrected chi connectivity index (χ2v) is 8.05. The molecule has 1 unspecified atom stereocenters. The summed E-state index contributed by atoms with van der Waals surface area (Å²) in [6.45, 7) is 3.92. The number of nitrogens with zero attached hydrogens (tertiary/aromatic N) is 1. The van der Waals surface area contributed by atoms with Crippen molar-refractivity contribution < 1.29 is 27.8 Å². The largest absolute Gasteiger partial charge is 0.444 e. The molecule has 2 rings (SSSR count). The molecule has 1 aromatic heterocycles. The van der Waals surface area contributed by atoms with Crippen LogP contribution in [-0.2, 0) is 4.74 Å². The number of halogens is 2. The van der Waals surface area contributed by atoms with Crippen molar-refractivity contribution in [3.63, 3.8) is 0 Å². The van der Waals surface area contributed by atoms with Gasteiger partial charge >= 0.3 is 12.7 Å². The summed E-state index contributed by atoms with van der Waals surface area (Å²) in [7, 11) is 0. The van der Waals surface area contributed by atoms with E-state index in [1.54, 1.807) is 4.90 Å². The topological polar surface area (TPSA) is 67.9 Å². The Kier molecular flexibility index (Phi) is 6.80. The Hall–Kier alpha value is -1.90. The lowest BCUT2D eigenvalue weighted by Gasteiger charge is -2.34. The molecule has 1 fully saturated rings. The Morgan fingerprint density at radius 3 is 2.81 bits per heavy atom. The predicted molar refractivity (Wildman–Crippen MR) is 93.8 cm³/mol. The average Bonchev–Trinajstić information content (AvgIpc) is 2.98. The minimum Gasteiger partial charge on any atom is -0.444 e. The van der Waals surface area contributed by atoms with E-state index in [0.717, 1.165) is 24.2 Å². The summed E-state index contributed by atoms with van der Waals surface area (Å²) in [5.74, 6) is -0.494. The van der Waals surface area contributed by atoms with Crippen molar-refractivity contribution in [3.8, 4) is 5.75 Å². The van der Waals surface area contributed by atoms with Gasteiger partial charge in [0.15, 0.2) is 0 Å². The number of amides is 2. The minimum absolute atomic E-state index is 0.0830. The van der Waals surface area contributed by atoms with E-state index in [1.807, 2.05) is 20.8 Å². The van der Waals surface area contributed by atoms with Crippen LogP contribution in [0.4, 0.5) is 13.6 Å². The summed E-state index contributed by atoms with van der Waals surface area (Å²) in [6, 6.07) is 1.34. The lowest BCUT2D eigenvalue weighted by Crippen LogP contribution is -2.45. The van der Waals surface area contributed by atoms with Crippen LogP contribution < -0.4 is 10.1 Å². The molecule has 26 heavy (non-hydrogen) atoms. The molecule has 0 aromatic carbocycles. The van der Waals surface area contributed by atoms with Gasteiger partial charge in [-0.2, -0.15) is 8.78 Å². The Morgan fingerprint density at radius 2 is 2.15 bits per heavy atom. The van der Waals surface area contributed by atoms with Gasteiger partial charge in [-0.05, 0) is 51.0 Å². The van der Waals surface area contributed by atoms with E-state index in [1.165, 1.54) is 11.4 Å². The Balaban J connectivity index is 1.86. The van der Waals surface area contributed by atoms with Crippen molar-refractivity contribution in [3.05, 3.63) is 16.3 Å². The van der Waals surface area contributed by atoms with E-state index >= 15 is 0 Å². The number of thiophene rings is 1. The van der Waals surface area contributed by atoms with Crippen LogP contribution in [0.3, 0.4) is 0 Å². The molecule has 0 saturated carbocycles. The number of piperidine rings is 1. The fourth-order valence-electron chi connectivity index (χ4n) is 2.69. The maximum absolute atomic E-state index is 12.4. The van der Waals surface area contributed by atoms with Crippen LogP contribution in [0.5, 0.6) is 5.75 Å². The third-order valence-electron chi connectivity index (χ3n) is 3.77. The molecule has 6 nitrogen and oxygen atoms in total. The lowest BCUT2D eigenvalue weighted by molar-refractivity contribution is -0.0498. The van der Waals surface area contributed by atoms with Crippen LogP contribution >= 0.6 is 11.3 Å². The molecule has 0 radical (unpaired) electrons. The van der Waals surface area contributed by atoms with Gasteiger partial charge < -0.3 is 19.7 Å². The average molecular weight is 390 g/mol. The summed E-state index contributed by atoms with van der Waals surface area (Å²) >= 11 is 1.04. The van der Waals surface area contributed by atoms with Crippen molar-refractivity contribution in [1.29, 1.82) is 0 Å². The van der Waals surface area contributed by atoms with Gasteiger partial charge in [0.2, 0.25) is 0 Å². The maximum atomic E-state index is 12.4. The molecule has 1 saturated heterocycles. The van der Waals surface area contributed by atoms with Crippen LogP contribution in [0.25, 0.3) is 0 Å². The van der Waals surface area contributed by atoms with Gasteiger partial charge in [-0.1, -0.05) is 0 Å². The number of nitrogens with one attached hydrogen (secondary N) is 1. The first-order valence-electron chi connectivity index (χ1n) is 8.44. The molecule has 2 amide bonds. The molecule has 1 atom stereocenters. The van der Waals surface area contributed by atoms with Gasteiger partial charge in [-0.3, -0.25) is 4.79 Å². The molecule has 9 heteroatoms. The van der Waals surface area contributed by atoms with E-state index in [2.05, 4.69) is 10.1 Å². The minimum atomic E-state index is -2.98. The Labute approximate surface area is 155 Å². The van der Waals surface area contributed by atoms with Crippen LogP contribution in [-0.4, -0.2) is 48.7 Å². The van der Waals surface area contributed by atoms with Crippen molar-refractivity contribution in [2.24, 2.45) is 5.92 Å². The fraction of sp³-hybridized carbons (Fsp3) is 0.647. The zero-order chi connectivity index (χ0) is 19.3. The number of hydrogen-bond acceptors (Lipinski definition) is 5. The predicted octanol–water partition coefficient (Wildman–Crippen LogP) is 3.73. The first-order valence-corrected chi connectivity index (χ1v) is 9.32. The van der Waals surface area contributed by atoms with Gasteiger partial charge in [0.1, 0.15) is 16.2 Å². The smallest absolute Gasteiger partial charge is 0.410 e. The highest BCUT2D eigenvalue weighted by Crippen LogP contribution is 2.26. The van der Waals surface area contributed by atoms with Crippen LogP contribution in [0, 0.1) is 5.92 Å². The highest BCUT2D eigenvalue weighted by atomic mass is 32.1. The van der Waals surface area contributed by atoms with E-state index < -0.39 is 18.1 Å². The number of carbonyl (C=O) groups excluding carboxylic acids is 2. The number of ether oxygens (including phenoxy) is 2. The van der Waals surface area contributed by atoms with Gasteiger partial charge in [0, 0.05) is 19.6 Å². The number of likely N-dealkylation sites (tertiary alicyclic amines) is 1. The van der Waals surface area contributed by atoms with Crippen LogP contribution in [0.1, 0.15) is 43.3 Å². The zero-order valence-electron chi connectivity index (χ0n) is 15.1. The molecule has 1 aliphatic heterocycles. The van der Waals surface area contributed by atoms with Crippen molar-refractivity contribution >= 4 is 23.3 Å². The van der Waals surface area contributed by atoms with Gasteiger partial charge in [-0.25, -0.2) is 4.79 Å². The van der Waals surface area contributed by atoms with Crippen molar-refractivity contribution in [2.45, 2.75) is 45.8 Å². The molecule has 2 heterocycles. The molecular weight excluding hydrogens is 366 g/mol. The Bertz CT molecular complexity index is 631. The zero-order valence-corrected chi connectivity index (χ0v) is 15.9. The third kappa shape index (κ3) is 6.12. The summed E-state index contributed by atoms with van der Waals surface area (Å²) in [4.78, 5) is 26.1. The van der Waals surface area contributed by atoms with Gasteiger partial charge in [-0.15, -0.1) is 11.3 Å². The number of carbonyl (C=O) groups is 2. The summed E-state index contributed by atoms with van der Waals surface area (Å²) in [5.41, 5.74) is -0.557. The highest BCUT2D eigenvalue weighted by Gasteiger charge is 2.28. The monoisotopic (exact) mass is 390 g/mol. The van der Waals surface area contributed by atoms with E-state index in [0.29, 0.717) is 19.6 Å². The second kappa shape index (κ2) is 8.66. The number of alkyl halides is 2. The molecular formula is C17H24F2N2O4S. The summed E-state index contributed by atoms with van der Waals surface area (Å²) in [6.07, 6.45) is 1.32. The molecule has 1 aromatic rings. The summed E-state index contributed by atoms with van der Waals surface area (Å²) < 4.78 is 34.4.